The van der Waals surface area contributed by atoms with Crippen LogP contribution in [-0.4, -0.2) is 14.3 Å². The number of nitrogens with one attached hydrogen (secondary N) is 2. The van der Waals surface area contributed by atoms with Crippen molar-refractivity contribution in [2.45, 2.75) is 51.0 Å². The summed E-state index contributed by atoms with van der Waals surface area (Å²) in [6, 6.07) is 13.7. The van der Waals surface area contributed by atoms with Crippen molar-refractivity contribution < 1.29 is 13.2 Å². The van der Waals surface area contributed by atoms with Crippen molar-refractivity contribution in [2.75, 3.05) is 5.32 Å². The minimum atomic E-state index is -3.65. The highest BCUT2D eigenvalue weighted by atomic mass is 32.2. The second kappa shape index (κ2) is 7.60. The molecule has 0 aliphatic carbocycles. The molecule has 0 fully saturated rings. The van der Waals surface area contributed by atoms with E-state index in [1.807, 2.05) is 31.2 Å². The Hall–Kier alpha value is -2.18. The molecule has 2 N–H and O–H groups in total. The van der Waals surface area contributed by atoms with Crippen molar-refractivity contribution in [2.24, 2.45) is 0 Å². The fourth-order valence-electron chi connectivity index (χ4n) is 2.56. The Morgan fingerprint density at radius 2 is 1.50 bits per heavy atom. The summed E-state index contributed by atoms with van der Waals surface area (Å²) in [5.41, 5.74) is 2.71. The van der Waals surface area contributed by atoms with E-state index in [-0.39, 0.29) is 22.3 Å². The van der Waals surface area contributed by atoms with Gasteiger partial charge in [-0.1, -0.05) is 45.0 Å². The lowest BCUT2D eigenvalue weighted by molar-refractivity contribution is -0.114. The molecule has 140 valence electrons. The Morgan fingerprint density at radius 3 is 1.96 bits per heavy atom. The van der Waals surface area contributed by atoms with Crippen LogP contribution in [0.5, 0.6) is 0 Å². The quantitative estimate of drug-likeness (QED) is 0.831. The molecular weight excluding hydrogens is 348 g/mol. The number of carbonyl (C=O) groups excluding carboxylic acids is 1. The Morgan fingerprint density at radius 1 is 0.962 bits per heavy atom. The minimum Gasteiger partial charge on any atom is -0.326 e. The molecule has 0 aromatic heterocycles. The third-order valence-electron chi connectivity index (χ3n) is 4.09. The molecule has 0 spiro atoms. The second-order valence-electron chi connectivity index (χ2n) is 7.42. The molecule has 1 atom stereocenters. The molecule has 5 nitrogen and oxygen atoms in total. The van der Waals surface area contributed by atoms with Crippen LogP contribution >= 0.6 is 0 Å². The van der Waals surface area contributed by atoms with Gasteiger partial charge in [-0.05, 0) is 47.7 Å². The van der Waals surface area contributed by atoms with Crippen molar-refractivity contribution in [1.82, 2.24) is 4.72 Å². The maximum Gasteiger partial charge on any atom is 0.241 e. The summed E-state index contributed by atoms with van der Waals surface area (Å²) in [7, 11) is -3.65. The zero-order valence-electron chi connectivity index (χ0n) is 15.8. The Kier molecular flexibility index (Phi) is 5.88. The van der Waals surface area contributed by atoms with Crippen LogP contribution in [0.1, 0.15) is 51.8 Å². The van der Waals surface area contributed by atoms with Gasteiger partial charge < -0.3 is 5.32 Å². The lowest BCUT2D eigenvalue weighted by Crippen LogP contribution is -2.27. The summed E-state index contributed by atoms with van der Waals surface area (Å²) in [5.74, 6) is -0.203. The average molecular weight is 375 g/mol. The van der Waals surface area contributed by atoms with Crippen LogP contribution in [0, 0.1) is 0 Å². The van der Waals surface area contributed by atoms with E-state index in [9.17, 15) is 13.2 Å². The molecule has 0 radical (unpaired) electrons. The summed E-state index contributed by atoms with van der Waals surface area (Å²) in [6.45, 7) is 9.63. The first kappa shape index (κ1) is 20.1. The summed E-state index contributed by atoms with van der Waals surface area (Å²) in [4.78, 5) is 11.2. The summed E-state index contributed by atoms with van der Waals surface area (Å²) >= 11 is 0. The number of hydrogen-bond donors (Lipinski definition) is 2. The van der Waals surface area contributed by atoms with E-state index in [1.54, 1.807) is 12.1 Å². The standard InChI is InChI=1S/C20H26N2O3S/c1-14(16-6-8-17(9-7-16)20(3,4)5)22-26(24,25)19-12-10-18(11-13-19)21-15(2)23/h6-14,22H,1-5H3,(H,21,23)/t14-/m0/s1. The zero-order valence-corrected chi connectivity index (χ0v) is 16.6. The molecule has 2 aromatic carbocycles. The Balaban J connectivity index is 2.14. The fourth-order valence-corrected chi connectivity index (χ4v) is 3.79. The van der Waals surface area contributed by atoms with E-state index in [0.717, 1.165) is 5.56 Å². The van der Waals surface area contributed by atoms with Crippen LogP contribution < -0.4 is 10.0 Å². The SMILES string of the molecule is CC(=O)Nc1ccc(S(=O)(=O)N[C@@H](C)c2ccc(C(C)(C)C)cc2)cc1. The van der Waals surface area contributed by atoms with Crippen LogP contribution in [0.25, 0.3) is 0 Å². The van der Waals surface area contributed by atoms with Crippen molar-refractivity contribution in [3.05, 3.63) is 59.7 Å². The van der Waals surface area contributed by atoms with Gasteiger partial charge in [0.2, 0.25) is 15.9 Å². The topological polar surface area (TPSA) is 75.3 Å². The van der Waals surface area contributed by atoms with Crippen molar-refractivity contribution in [3.8, 4) is 0 Å². The van der Waals surface area contributed by atoms with Crippen LogP contribution in [-0.2, 0) is 20.2 Å². The number of carbonyl (C=O) groups is 1. The van der Waals surface area contributed by atoms with Gasteiger partial charge in [0.25, 0.3) is 0 Å². The van der Waals surface area contributed by atoms with Crippen molar-refractivity contribution in [1.29, 1.82) is 0 Å². The number of anilines is 1. The van der Waals surface area contributed by atoms with Crippen molar-refractivity contribution >= 4 is 21.6 Å². The fraction of sp³-hybridized carbons (Fsp3) is 0.350. The molecule has 2 aromatic rings. The van der Waals surface area contributed by atoms with Crippen LogP contribution in [0.4, 0.5) is 5.69 Å². The van der Waals surface area contributed by atoms with Gasteiger partial charge in [0, 0.05) is 18.7 Å². The second-order valence-corrected chi connectivity index (χ2v) is 9.13. The number of rotatable bonds is 5. The van der Waals surface area contributed by atoms with E-state index in [4.69, 9.17) is 0 Å². The first-order chi connectivity index (χ1) is 12.0. The highest BCUT2D eigenvalue weighted by molar-refractivity contribution is 7.89. The molecule has 0 bridgehead atoms. The van der Waals surface area contributed by atoms with Gasteiger partial charge in [-0.2, -0.15) is 0 Å². The first-order valence-corrected chi connectivity index (χ1v) is 9.98. The highest BCUT2D eigenvalue weighted by Gasteiger charge is 2.19. The van der Waals surface area contributed by atoms with Gasteiger partial charge in [0.1, 0.15) is 0 Å². The van der Waals surface area contributed by atoms with E-state index >= 15 is 0 Å². The molecule has 2 rings (SSSR count). The van der Waals surface area contributed by atoms with E-state index in [2.05, 4.69) is 30.8 Å². The van der Waals surface area contributed by atoms with E-state index < -0.39 is 10.0 Å². The number of amides is 1. The summed E-state index contributed by atoms with van der Waals surface area (Å²) in [6.07, 6.45) is 0. The van der Waals surface area contributed by atoms with Gasteiger partial charge >= 0.3 is 0 Å². The van der Waals surface area contributed by atoms with E-state index in [1.165, 1.54) is 24.6 Å². The number of hydrogen-bond acceptors (Lipinski definition) is 3. The van der Waals surface area contributed by atoms with Gasteiger partial charge in [0.15, 0.2) is 0 Å². The molecule has 6 heteroatoms. The van der Waals surface area contributed by atoms with Gasteiger partial charge in [-0.15, -0.1) is 0 Å². The Bertz CT molecular complexity index is 865. The largest absolute Gasteiger partial charge is 0.326 e. The van der Waals surface area contributed by atoms with E-state index in [0.29, 0.717) is 5.69 Å². The lowest BCUT2D eigenvalue weighted by atomic mass is 9.86. The molecule has 0 heterocycles. The molecule has 0 saturated carbocycles. The molecule has 0 aliphatic rings. The van der Waals surface area contributed by atoms with Gasteiger partial charge in [0.05, 0.1) is 4.90 Å². The average Bonchev–Trinajstić information content (AvgIpc) is 2.53. The monoisotopic (exact) mass is 374 g/mol. The van der Waals surface area contributed by atoms with Crippen LogP contribution in [0.3, 0.4) is 0 Å². The third kappa shape index (κ3) is 5.16. The lowest BCUT2D eigenvalue weighted by Gasteiger charge is -2.20. The van der Waals surface area contributed by atoms with Crippen LogP contribution in [0.15, 0.2) is 53.4 Å². The predicted octanol–water partition coefficient (Wildman–Crippen LogP) is 3.98. The summed E-state index contributed by atoms with van der Waals surface area (Å²) in [5, 5.41) is 2.61. The molecular formula is C20H26N2O3S. The van der Waals surface area contributed by atoms with Crippen LogP contribution in [0.2, 0.25) is 0 Å². The highest BCUT2D eigenvalue weighted by Crippen LogP contribution is 2.24. The zero-order chi connectivity index (χ0) is 19.5. The summed E-state index contributed by atoms with van der Waals surface area (Å²) < 4.78 is 27.8. The molecule has 0 saturated heterocycles. The smallest absolute Gasteiger partial charge is 0.241 e. The Labute approximate surface area is 155 Å². The first-order valence-electron chi connectivity index (χ1n) is 8.49. The van der Waals surface area contributed by atoms with Crippen molar-refractivity contribution in [3.63, 3.8) is 0 Å². The molecule has 0 aliphatic heterocycles. The number of benzene rings is 2. The normalized spacial score (nSPS) is 13.3. The molecule has 1 amide bonds. The van der Waals surface area contributed by atoms with Gasteiger partial charge in [-0.25, -0.2) is 13.1 Å². The molecule has 26 heavy (non-hydrogen) atoms. The predicted molar refractivity (Wildman–Crippen MR) is 105 cm³/mol. The maximum atomic E-state index is 12.6. The third-order valence-corrected chi connectivity index (χ3v) is 5.65. The molecule has 0 unspecified atom stereocenters. The maximum absolute atomic E-state index is 12.6. The minimum absolute atomic E-state index is 0.0525. The number of sulfonamides is 1. The van der Waals surface area contributed by atoms with Gasteiger partial charge in [-0.3, -0.25) is 4.79 Å².